The molecule has 3 heterocycles. The number of carbonyl (C=O) groups excluding carboxylic acids is 2. The van der Waals surface area contributed by atoms with Crippen molar-refractivity contribution < 1.29 is 28.2 Å². The van der Waals surface area contributed by atoms with Crippen LogP contribution in [0.1, 0.15) is 38.1 Å². The van der Waals surface area contributed by atoms with Gasteiger partial charge in [-0.3, -0.25) is 14.2 Å². The highest BCUT2D eigenvalue weighted by atomic mass is 35.5. The fourth-order valence-corrected chi connectivity index (χ4v) is 6.12. The monoisotopic (exact) mass is 626 g/mol. The Morgan fingerprint density at radius 2 is 1.90 bits per heavy atom. The molecule has 0 bridgehead atoms. The molecule has 0 N–H and O–H groups in total. The van der Waals surface area contributed by atoms with Gasteiger partial charge < -0.3 is 18.6 Å². The lowest BCUT2D eigenvalue weighted by Gasteiger charge is -2.25. The molecule has 2 aromatic carbocycles. The molecule has 9 nitrogen and oxygen atoms in total. The normalized spacial score (nSPS) is 14.8. The van der Waals surface area contributed by atoms with Crippen LogP contribution in [-0.2, 0) is 14.3 Å². The van der Waals surface area contributed by atoms with Gasteiger partial charge in [0, 0.05) is 23.6 Å². The Bertz CT molecular complexity index is 1940. The summed E-state index contributed by atoms with van der Waals surface area (Å²) in [6.07, 6.45) is 1.61. The molecule has 0 saturated heterocycles. The maximum absolute atomic E-state index is 13.9. The van der Waals surface area contributed by atoms with Crippen LogP contribution in [-0.4, -0.2) is 30.2 Å². The topological polar surface area (TPSA) is 109 Å². The number of fused-ring (bicyclic) bond motifs is 1. The minimum absolute atomic E-state index is 0.139. The van der Waals surface area contributed by atoms with E-state index in [4.69, 9.17) is 41.8 Å². The van der Waals surface area contributed by atoms with Crippen molar-refractivity contribution in [3.05, 3.63) is 101 Å². The van der Waals surface area contributed by atoms with Gasteiger partial charge in [0.2, 0.25) is 0 Å². The van der Waals surface area contributed by atoms with Crippen LogP contribution in [0, 0.1) is 0 Å². The predicted octanol–water partition coefficient (Wildman–Crippen LogP) is 5.30. The number of thiazole rings is 1. The first-order valence-corrected chi connectivity index (χ1v) is 14.3. The Kier molecular flexibility index (Phi) is 8.40. The number of aromatic nitrogens is 1. The van der Waals surface area contributed by atoms with Gasteiger partial charge in [0.1, 0.15) is 11.5 Å². The van der Waals surface area contributed by atoms with Crippen LogP contribution in [0.5, 0.6) is 11.5 Å². The lowest BCUT2D eigenvalue weighted by Crippen LogP contribution is -2.39. The summed E-state index contributed by atoms with van der Waals surface area (Å²) < 4.78 is 23.8. The van der Waals surface area contributed by atoms with Gasteiger partial charge in [-0.15, -0.1) is 0 Å². The van der Waals surface area contributed by atoms with Gasteiger partial charge in [0.25, 0.3) is 5.56 Å². The lowest BCUT2D eigenvalue weighted by molar-refractivity contribution is -0.139. The summed E-state index contributed by atoms with van der Waals surface area (Å²) in [6.45, 7) is 4.81. The largest absolute Gasteiger partial charge is 0.493 e. The molecule has 1 aliphatic rings. The Hall–Kier alpha value is -4.12. The van der Waals surface area contributed by atoms with Crippen molar-refractivity contribution in [2.24, 2.45) is 4.99 Å². The van der Waals surface area contributed by atoms with Crippen molar-refractivity contribution in [1.82, 2.24) is 4.57 Å². The second kappa shape index (κ2) is 12.0. The first-order chi connectivity index (χ1) is 20.1. The van der Waals surface area contributed by atoms with Gasteiger partial charge in [-0.05, 0) is 61.9 Å². The van der Waals surface area contributed by atoms with E-state index in [2.05, 4.69) is 4.99 Å². The van der Waals surface area contributed by atoms with Gasteiger partial charge in [0.15, 0.2) is 16.3 Å². The van der Waals surface area contributed by atoms with Crippen LogP contribution in [0.3, 0.4) is 0 Å². The molecule has 1 aliphatic heterocycles. The highest BCUT2D eigenvalue weighted by Gasteiger charge is 2.34. The predicted molar refractivity (Wildman–Crippen MR) is 159 cm³/mol. The average molecular weight is 628 g/mol. The summed E-state index contributed by atoms with van der Waals surface area (Å²) in [5.74, 6) is 0.272. The molecular formula is C30H24Cl2N2O7S. The van der Waals surface area contributed by atoms with Crippen LogP contribution in [0.4, 0.5) is 0 Å². The van der Waals surface area contributed by atoms with Crippen molar-refractivity contribution in [1.29, 1.82) is 0 Å². The fourth-order valence-electron chi connectivity index (χ4n) is 4.59. The minimum Gasteiger partial charge on any atom is -0.493 e. The average Bonchev–Trinajstić information content (AvgIpc) is 3.52. The zero-order chi connectivity index (χ0) is 30.1. The number of halogens is 2. The molecule has 1 atom stereocenters. The molecule has 42 heavy (non-hydrogen) atoms. The van der Waals surface area contributed by atoms with Crippen LogP contribution in [0.15, 0.2) is 74.0 Å². The third-order valence-corrected chi connectivity index (χ3v) is 7.90. The number of allylic oxidation sites excluding steroid dienone is 1. The first-order valence-electron chi connectivity index (χ1n) is 12.7. The van der Waals surface area contributed by atoms with Gasteiger partial charge in [0.05, 0.1) is 40.6 Å². The van der Waals surface area contributed by atoms with Crippen LogP contribution in [0.25, 0.3) is 17.4 Å². The number of rotatable bonds is 7. The Morgan fingerprint density at radius 1 is 1.12 bits per heavy atom. The van der Waals surface area contributed by atoms with E-state index in [1.54, 1.807) is 68.5 Å². The molecule has 0 aliphatic carbocycles. The van der Waals surface area contributed by atoms with E-state index in [9.17, 15) is 14.4 Å². The van der Waals surface area contributed by atoms with Crippen LogP contribution >= 0.6 is 34.5 Å². The summed E-state index contributed by atoms with van der Waals surface area (Å²) in [4.78, 5) is 43.6. The SMILES string of the molecule is CCOC(=O)C1=C(C)N=c2s/c(=C/c3ccc(-c4ccc(Cl)cc4Cl)o3)c(=O)n2C1c1ccc(OC(C)=O)c(OC)c1. The number of hydrogen-bond acceptors (Lipinski definition) is 9. The van der Waals surface area contributed by atoms with Crippen molar-refractivity contribution in [2.75, 3.05) is 13.7 Å². The van der Waals surface area contributed by atoms with E-state index >= 15 is 0 Å². The molecule has 0 saturated carbocycles. The molecule has 4 aromatic rings. The van der Waals surface area contributed by atoms with Crippen molar-refractivity contribution in [2.45, 2.75) is 26.8 Å². The maximum Gasteiger partial charge on any atom is 0.338 e. The Balaban J connectivity index is 1.65. The van der Waals surface area contributed by atoms with E-state index in [-0.39, 0.29) is 29.2 Å². The Morgan fingerprint density at radius 3 is 2.60 bits per heavy atom. The standard InChI is InChI=1S/C30H24Cl2N2O7S/c1-5-39-29(37)26-15(2)33-30-34(27(26)17-6-10-23(40-16(3)35)24(12-17)38-4)28(36)25(42-30)14-19-8-11-22(41-19)20-9-7-18(31)13-21(20)32/h6-14,27H,5H2,1-4H3/b25-14+. The third kappa shape index (κ3) is 5.65. The van der Waals surface area contributed by atoms with Crippen LogP contribution < -0.4 is 24.4 Å². The third-order valence-electron chi connectivity index (χ3n) is 6.37. The summed E-state index contributed by atoms with van der Waals surface area (Å²) in [5, 5.41) is 0.933. The number of carbonyl (C=O) groups is 2. The van der Waals surface area contributed by atoms with Crippen molar-refractivity contribution in [3.63, 3.8) is 0 Å². The number of furan rings is 1. The van der Waals surface area contributed by atoms with Gasteiger partial charge in [-0.2, -0.15) is 0 Å². The van der Waals surface area contributed by atoms with E-state index in [1.807, 2.05) is 0 Å². The van der Waals surface area contributed by atoms with E-state index in [0.717, 1.165) is 11.3 Å². The molecule has 1 unspecified atom stereocenters. The number of esters is 2. The molecule has 12 heteroatoms. The molecule has 0 amide bonds. The second-order valence-electron chi connectivity index (χ2n) is 9.13. The number of nitrogens with zero attached hydrogens (tertiary/aromatic N) is 2. The zero-order valence-corrected chi connectivity index (χ0v) is 25.2. The number of benzene rings is 2. The van der Waals surface area contributed by atoms with Crippen LogP contribution in [0.2, 0.25) is 10.0 Å². The molecular weight excluding hydrogens is 603 g/mol. The first kappa shape index (κ1) is 29.4. The molecule has 216 valence electrons. The lowest BCUT2D eigenvalue weighted by atomic mass is 9.95. The van der Waals surface area contributed by atoms with Crippen molar-refractivity contribution >= 4 is 52.6 Å². The van der Waals surface area contributed by atoms with Crippen molar-refractivity contribution in [3.8, 4) is 22.8 Å². The summed E-state index contributed by atoms with van der Waals surface area (Å²) in [5.41, 5.74) is 1.42. The van der Waals surface area contributed by atoms with Gasteiger partial charge in [-0.25, -0.2) is 9.79 Å². The number of ether oxygens (including phenoxy) is 3. The molecule has 2 aromatic heterocycles. The summed E-state index contributed by atoms with van der Waals surface area (Å²) in [7, 11) is 1.43. The quantitative estimate of drug-likeness (QED) is 0.202. The zero-order valence-electron chi connectivity index (χ0n) is 22.9. The Labute approximate surface area is 253 Å². The highest BCUT2D eigenvalue weighted by molar-refractivity contribution is 7.07. The molecule has 0 fully saturated rings. The summed E-state index contributed by atoms with van der Waals surface area (Å²) >= 11 is 13.5. The smallest absolute Gasteiger partial charge is 0.338 e. The fraction of sp³-hybridized carbons (Fsp3) is 0.200. The van der Waals surface area contributed by atoms with Gasteiger partial charge in [-0.1, -0.05) is 40.6 Å². The minimum atomic E-state index is -0.886. The molecule has 0 radical (unpaired) electrons. The summed E-state index contributed by atoms with van der Waals surface area (Å²) in [6, 6.07) is 12.5. The maximum atomic E-state index is 13.9. The molecule has 5 rings (SSSR count). The molecule has 0 spiro atoms. The van der Waals surface area contributed by atoms with E-state index in [0.29, 0.717) is 47.7 Å². The second-order valence-corrected chi connectivity index (χ2v) is 11.0. The number of methoxy groups -OCH3 is 1. The van der Waals surface area contributed by atoms with E-state index < -0.39 is 18.0 Å². The van der Waals surface area contributed by atoms with E-state index in [1.165, 1.54) is 18.6 Å². The highest BCUT2D eigenvalue weighted by Crippen LogP contribution is 2.36. The van der Waals surface area contributed by atoms with Gasteiger partial charge >= 0.3 is 11.9 Å². The number of hydrogen-bond donors (Lipinski definition) is 0.